The van der Waals surface area contributed by atoms with E-state index in [4.69, 9.17) is 0 Å². The first kappa shape index (κ1) is 16.1. The van der Waals surface area contributed by atoms with Gasteiger partial charge in [-0.05, 0) is 50.9 Å². The van der Waals surface area contributed by atoms with Crippen LogP contribution in [0.15, 0.2) is 24.5 Å². The number of hydrogen-bond donors (Lipinski definition) is 1. The van der Waals surface area contributed by atoms with E-state index in [1.165, 1.54) is 17.7 Å². The normalized spacial score (nSPS) is 16.4. The maximum absolute atomic E-state index is 12.2. The van der Waals surface area contributed by atoms with Crippen LogP contribution in [0.25, 0.3) is 0 Å². The van der Waals surface area contributed by atoms with E-state index in [0.717, 1.165) is 31.2 Å². The van der Waals surface area contributed by atoms with Crippen molar-refractivity contribution < 1.29 is 4.79 Å². The molecule has 1 amide bonds. The lowest BCUT2D eigenvalue weighted by Gasteiger charge is -2.29. The highest BCUT2D eigenvalue weighted by molar-refractivity contribution is 7.15. The van der Waals surface area contributed by atoms with Gasteiger partial charge in [0, 0.05) is 29.4 Å². The maximum atomic E-state index is 12.2. The van der Waals surface area contributed by atoms with Gasteiger partial charge in [-0.1, -0.05) is 6.92 Å². The number of amides is 1. The molecule has 0 saturated carbocycles. The molecule has 5 nitrogen and oxygen atoms in total. The Morgan fingerprint density at radius 1 is 1.35 bits per heavy atom. The van der Waals surface area contributed by atoms with Crippen LogP contribution >= 0.6 is 11.3 Å². The van der Waals surface area contributed by atoms with Gasteiger partial charge in [0.1, 0.15) is 0 Å². The minimum Gasteiger partial charge on any atom is -0.298 e. The summed E-state index contributed by atoms with van der Waals surface area (Å²) >= 11 is 1.58. The van der Waals surface area contributed by atoms with Gasteiger partial charge >= 0.3 is 0 Å². The van der Waals surface area contributed by atoms with Gasteiger partial charge in [0.2, 0.25) is 0 Å². The molecular formula is C17H22N4OS. The molecule has 1 N–H and O–H groups in total. The SMILES string of the molecule is Cc1nc(NC(=O)c2ccncc2)sc1CN1CCC(C)CC1. The zero-order chi connectivity index (χ0) is 16.2. The van der Waals surface area contributed by atoms with E-state index in [2.05, 4.69) is 27.1 Å². The molecule has 3 heterocycles. The molecule has 2 aromatic heterocycles. The average Bonchev–Trinajstić information content (AvgIpc) is 2.90. The van der Waals surface area contributed by atoms with Crippen LogP contribution < -0.4 is 5.32 Å². The predicted octanol–water partition coefficient (Wildman–Crippen LogP) is 3.33. The summed E-state index contributed by atoms with van der Waals surface area (Å²) in [5.74, 6) is 0.698. The van der Waals surface area contributed by atoms with Gasteiger partial charge in [-0.3, -0.25) is 20.0 Å². The van der Waals surface area contributed by atoms with Crippen LogP contribution in [-0.2, 0) is 6.54 Å². The van der Waals surface area contributed by atoms with E-state index < -0.39 is 0 Å². The third kappa shape index (κ3) is 4.14. The molecule has 0 aromatic carbocycles. The number of hydrogen-bond acceptors (Lipinski definition) is 5. The Morgan fingerprint density at radius 3 is 2.74 bits per heavy atom. The minimum atomic E-state index is -0.139. The first-order valence-electron chi connectivity index (χ1n) is 8.02. The largest absolute Gasteiger partial charge is 0.298 e. The Kier molecular flexibility index (Phi) is 5.03. The molecular weight excluding hydrogens is 308 g/mol. The maximum Gasteiger partial charge on any atom is 0.257 e. The molecule has 3 rings (SSSR count). The highest BCUT2D eigenvalue weighted by atomic mass is 32.1. The molecule has 1 fully saturated rings. The van der Waals surface area contributed by atoms with Gasteiger partial charge in [0.15, 0.2) is 5.13 Å². The average molecular weight is 330 g/mol. The number of nitrogens with one attached hydrogen (secondary N) is 1. The molecule has 122 valence electrons. The second-order valence-electron chi connectivity index (χ2n) is 6.18. The van der Waals surface area contributed by atoms with Crippen molar-refractivity contribution in [1.29, 1.82) is 0 Å². The lowest BCUT2D eigenvalue weighted by Crippen LogP contribution is -2.32. The molecule has 1 saturated heterocycles. The fraction of sp³-hybridized carbons (Fsp3) is 0.471. The molecule has 0 spiro atoms. The lowest BCUT2D eigenvalue weighted by molar-refractivity contribution is 0.102. The number of piperidine rings is 1. The van der Waals surface area contributed by atoms with Crippen LogP contribution in [0.4, 0.5) is 5.13 Å². The second-order valence-corrected chi connectivity index (χ2v) is 7.26. The molecule has 0 bridgehead atoms. The molecule has 23 heavy (non-hydrogen) atoms. The topological polar surface area (TPSA) is 58.1 Å². The summed E-state index contributed by atoms with van der Waals surface area (Å²) in [6, 6.07) is 3.40. The van der Waals surface area contributed by atoms with Crippen LogP contribution in [0.3, 0.4) is 0 Å². The number of aromatic nitrogens is 2. The van der Waals surface area contributed by atoms with Gasteiger partial charge in [0.25, 0.3) is 5.91 Å². The van der Waals surface area contributed by atoms with Crippen LogP contribution in [0.2, 0.25) is 0 Å². The molecule has 1 aliphatic rings. The third-order valence-electron chi connectivity index (χ3n) is 4.30. The number of likely N-dealkylation sites (tertiary alicyclic amines) is 1. The van der Waals surface area contributed by atoms with E-state index in [0.29, 0.717) is 10.7 Å². The predicted molar refractivity (Wildman–Crippen MR) is 92.7 cm³/mol. The summed E-state index contributed by atoms with van der Waals surface area (Å²) < 4.78 is 0. The van der Waals surface area contributed by atoms with E-state index in [1.54, 1.807) is 35.9 Å². The Bertz CT molecular complexity index is 662. The zero-order valence-electron chi connectivity index (χ0n) is 13.6. The Morgan fingerprint density at radius 2 is 2.04 bits per heavy atom. The fourth-order valence-electron chi connectivity index (χ4n) is 2.72. The van der Waals surface area contributed by atoms with Gasteiger partial charge in [-0.2, -0.15) is 0 Å². The van der Waals surface area contributed by atoms with E-state index >= 15 is 0 Å². The molecule has 0 unspecified atom stereocenters. The summed E-state index contributed by atoms with van der Waals surface area (Å²) in [4.78, 5) is 24.3. The molecule has 0 aliphatic carbocycles. The van der Waals surface area contributed by atoms with Crippen molar-refractivity contribution in [2.75, 3.05) is 18.4 Å². The van der Waals surface area contributed by atoms with Crippen LogP contribution in [0.5, 0.6) is 0 Å². The number of carbonyl (C=O) groups is 1. The van der Waals surface area contributed by atoms with Crippen molar-refractivity contribution in [2.24, 2.45) is 5.92 Å². The monoisotopic (exact) mass is 330 g/mol. The van der Waals surface area contributed by atoms with Crippen LogP contribution in [0.1, 0.15) is 40.7 Å². The summed E-state index contributed by atoms with van der Waals surface area (Å²) in [6.07, 6.45) is 5.77. The van der Waals surface area contributed by atoms with Crippen molar-refractivity contribution in [3.05, 3.63) is 40.7 Å². The van der Waals surface area contributed by atoms with Crippen molar-refractivity contribution in [2.45, 2.75) is 33.2 Å². The second kappa shape index (κ2) is 7.19. The summed E-state index contributed by atoms with van der Waals surface area (Å²) in [5, 5.41) is 3.56. The highest BCUT2D eigenvalue weighted by Gasteiger charge is 2.18. The fourth-order valence-corrected chi connectivity index (χ4v) is 3.72. The zero-order valence-corrected chi connectivity index (χ0v) is 14.4. The Labute approximate surface area is 140 Å². The van der Waals surface area contributed by atoms with Crippen LogP contribution in [-0.4, -0.2) is 33.9 Å². The van der Waals surface area contributed by atoms with Crippen LogP contribution in [0, 0.1) is 12.8 Å². The van der Waals surface area contributed by atoms with Crippen molar-refractivity contribution >= 4 is 22.4 Å². The van der Waals surface area contributed by atoms with Gasteiger partial charge in [0.05, 0.1) is 5.69 Å². The highest BCUT2D eigenvalue weighted by Crippen LogP contribution is 2.26. The molecule has 1 aliphatic heterocycles. The van der Waals surface area contributed by atoms with Gasteiger partial charge in [-0.25, -0.2) is 4.98 Å². The van der Waals surface area contributed by atoms with Gasteiger partial charge < -0.3 is 0 Å². The first-order valence-corrected chi connectivity index (χ1v) is 8.83. The minimum absolute atomic E-state index is 0.139. The quantitative estimate of drug-likeness (QED) is 0.934. The van der Waals surface area contributed by atoms with Gasteiger partial charge in [-0.15, -0.1) is 11.3 Å². The summed E-state index contributed by atoms with van der Waals surface area (Å²) in [5.41, 5.74) is 1.61. The Hall–Kier alpha value is -1.79. The smallest absolute Gasteiger partial charge is 0.257 e. The number of pyridine rings is 1. The van der Waals surface area contributed by atoms with Crippen molar-refractivity contribution in [1.82, 2.24) is 14.9 Å². The van der Waals surface area contributed by atoms with Crippen molar-refractivity contribution in [3.8, 4) is 0 Å². The third-order valence-corrected chi connectivity index (χ3v) is 5.36. The number of nitrogens with zero attached hydrogens (tertiary/aromatic N) is 3. The Balaban J connectivity index is 1.63. The first-order chi connectivity index (χ1) is 11.1. The molecule has 2 aromatic rings. The number of anilines is 1. The summed E-state index contributed by atoms with van der Waals surface area (Å²) in [7, 11) is 0. The standard InChI is InChI=1S/C17H22N4OS/c1-12-5-9-21(10-6-12)11-15-13(2)19-17(23-15)20-16(22)14-3-7-18-8-4-14/h3-4,7-8,12H,5-6,9-11H2,1-2H3,(H,19,20,22). The number of carbonyl (C=O) groups excluding carboxylic acids is 1. The molecule has 0 radical (unpaired) electrons. The number of aryl methyl sites for hydroxylation is 1. The molecule has 6 heteroatoms. The van der Waals surface area contributed by atoms with Crippen molar-refractivity contribution in [3.63, 3.8) is 0 Å². The van der Waals surface area contributed by atoms with E-state index in [-0.39, 0.29) is 5.91 Å². The van der Waals surface area contributed by atoms with E-state index in [9.17, 15) is 4.79 Å². The molecule has 0 atom stereocenters. The summed E-state index contributed by atoms with van der Waals surface area (Å²) in [6.45, 7) is 7.57. The number of rotatable bonds is 4. The number of thiazole rings is 1. The lowest BCUT2D eigenvalue weighted by atomic mass is 9.99. The van der Waals surface area contributed by atoms with E-state index in [1.807, 2.05) is 6.92 Å².